The molecule has 2 amide bonds. The van der Waals surface area contributed by atoms with Gasteiger partial charge >= 0.3 is 12.1 Å². The number of carboxylic acid groups (broad SMARTS) is 1. The van der Waals surface area contributed by atoms with Crippen LogP contribution in [-0.4, -0.2) is 60.5 Å². The van der Waals surface area contributed by atoms with E-state index in [1.165, 1.54) is 0 Å². The summed E-state index contributed by atoms with van der Waals surface area (Å²) in [5.74, 6) is -1.00. The number of carboxylic acids is 1. The third kappa shape index (κ3) is 7.56. The third-order valence-corrected chi connectivity index (χ3v) is 3.91. The number of nitrogens with one attached hydrogen (secondary N) is 1. The highest BCUT2D eigenvalue weighted by atomic mass is 16.6. The van der Waals surface area contributed by atoms with Crippen molar-refractivity contribution in [3.63, 3.8) is 0 Å². The van der Waals surface area contributed by atoms with Gasteiger partial charge in [-0.25, -0.2) is 4.79 Å². The van der Waals surface area contributed by atoms with E-state index in [1.54, 1.807) is 45.0 Å². The summed E-state index contributed by atoms with van der Waals surface area (Å²) in [5, 5.41) is 27.8. The first kappa shape index (κ1) is 24.6. The summed E-state index contributed by atoms with van der Waals surface area (Å²) in [5.41, 5.74) is -0.0416. The van der Waals surface area contributed by atoms with E-state index in [1.807, 2.05) is 20.8 Å². The quantitative estimate of drug-likeness (QED) is 0.686. The maximum absolute atomic E-state index is 12.3. The smallest absolute Gasteiger partial charge is 0.411 e. The van der Waals surface area contributed by atoms with Crippen LogP contribution in [-0.2, 0) is 20.9 Å². The lowest BCUT2D eigenvalue weighted by Gasteiger charge is -2.25. The summed E-state index contributed by atoms with van der Waals surface area (Å²) in [6.07, 6.45) is -0.805. The Morgan fingerprint density at radius 1 is 0.969 bits per heavy atom. The molecular formula is C21H28N6O5. The highest BCUT2D eigenvalue weighted by molar-refractivity contribution is 5.94. The molecule has 1 aromatic carbocycles. The van der Waals surface area contributed by atoms with Crippen LogP contribution in [0.3, 0.4) is 0 Å². The Labute approximate surface area is 186 Å². The summed E-state index contributed by atoms with van der Waals surface area (Å²) in [6, 6.07) is 6.86. The Morgan fingerprint density at radius 2 is 1.53 bits per heavy atom. The molecule has 0 saturated heterocycles. The van der Waals surface area contributed by atoms with Gasteiger partial charge in [-0.1, -0.05) is 20.8 Å². The van der Waals surface area contributed by atoms with E-state index < -0.39 is 29.6 Å². The number of hydrogen-bond donors (Lipinski definition) is 2. The molecule has 0 fully saturated rings. The van der Waals surface area contributed by atoms with Crippen molar-refractivity contribution in [2.75, 3.05) is 11.9 Å². The Hall–Kier alpha value is -3.63. The minimum atomic E-state index is -1.20. The topological polar surface area (TPSA) is 148 Å². The second kappa shape index (κ2) is 9.67. The standard InChI is InChI=1S/C21H28N6O5/c1-20(2,3)18(30)22-14-9-7-13(8-10-14)17-25-23-15(24-26-17)11-27(12-16(28)29)19(31)32-21(4,5)6/h7-10H,11-12H2,1-6H3,(H,22,30)(H,28,29). The van der Waals surface area contributed by atoms with Crippen LogP contribution in [0.15, 0.2) is 24.3 Å². The molecule has 0 saturated carbocycles. The minimum Gasteiger partial charge on any atom is -0.480 e. The van der Waals surface area contributed by atoms with Crippen LogP contribution in [0.25, 0.3) is 11.4 Å². The lowest BCUT2D eigenvalue weighted by Crippen LogP contribution is -2.39. The first-order valence-corrected chi connectivity index (χ1v) is 9.92. The molecule has 0 spiro atoms. The molecule has 1 heterocycles. The molecule has 2 rings (SSSR count). The van der Waals surface area contributed by atoms with Crippen LogP contribution >= 0.6 is 0 Å². The number of carbonyl (C=O) groups is 3. The second-order valence-corrected chi connectivity index (χ2v) is 9.15. The molecule has 0 aliphatic carbocycles. The van der Waals surface area contributed by atoms with Gasteiger partial charge in [-0.05, 0) is 45.0 Å². The fourth-order valence-electron chi connectivity index (χ4n) is 2.30. The molecule has 0 aliphatic heterocycles. The summed E-state index contributed by atoms with van der Waals surface area (Å²) < 4.78 is 5.22. The summed E-state index contributed by atoms with van der Waals surface area (Å²) in [6.45, 7) is 9.70. The van der Waals surface area contributed by atoms with Gasteiger partial charge in [0.1, 0.15) is 12.1 Å². The highest BCUT2D eigenvalue weighted by Crippen LogP contribution is 2.20. The zero-order chi connectivity index (χ0) is 24.1. The molecular weight excluding hydrogens is 416 g/mol. The van der Waals surface area contributed by atoms with Crippen molar-refractivity contribution in [1.82, 2.24) is 25.3 Å². The van der Waals surface area contributed by atoms with Crippen molar-refractivity contribution in [1.29, 1.82) is 0 Å². The zero-order valence-electron chi connectivity index (χ0n) is 19.0. The van der Waals surface area contributed by atoms with E-state index in [9.17, 15) is 14.4 Å². The van der Waals surface area contributed by atoms with E-state index in [0.717, 1.165) is 4.90 Å². The van der Waals surface area contributed by atoms with E-state index in [0.29, 0.717) is 11.3 Å². The number of benzene rings is 1. The van der Waals surface area contributed by atoms with Crippen molar-refractivity contribution < 1.29 is 24.2 Å². The van der Waals surface area contributed by atoms with Gasteiger partial charge in [-0.3, -0.25) is 14.5 Å². The number of hydrogen-bond acceptors (Lipinski definition) is 8. The molecule has 0 unspecified atom stereocenters. The number of aliphatic carboxylic acids is 1. The Balaban J connectivity index is 2.10. The van der Waals surface area contributed by atoms with Crippen molar-refractivity contribution in [2.24, 2.45) is 5.41 Å². The largest absolute Gasteiger partial charge is 0.480 e. The maximum atomic E-state index is 12.3. The van der Waals surface area contributed by atoms with Gasteiger partial charge < -0.3 is 15.2 Å². The molecule has 1 aromatic heterocycles. The number of nitrogens with zero attached hydrogens (tertiary/aromatic N) is 5. The fourth-order valence-corrected chi connectivity index (χ4v) is 2.30. The van der Waals surface area contributed by atoms with Gasteiger partial charge in [-0.15, -0.1) is 20.4 Å². The Bertz CT molecular complexity index is 962. The molecule has 11 nitrogen and oxygen atoms in total. The Kier molecular flexibility index (Phi) is 7.44. The lowest BCUT2D eigenvalue weighted by molar-refractivity contribution is -0.138. The van der Waals surface area contributed by atoms with Crippen LogP contribution in [0.4, 0.5) is 10.5 Å². The SMILES string of the molecule is CC(C)(C)OC(=O)N(CC(=O)O)Cc1nnc(-c2ccc(NC(=O)C(C)(C)C)cc2)nn1. The average molecular weight is 444 g/mol. The summed E-state index contributed by atoms with van der Waals surface area (Å²) in [4.78, 5) is 36.4. The maximum Gasteiger partial charge on any atom is 0.411 e. The molecule has 0 radical (unpaired) electrons. The average Bonchev–Trinajstić information content (AvgIpc) is 2.66. The molecule has 172 valence electrons. The molecule has 2 aromatic rings. The van der Waals surface area contributed by atoms with E-state index >= 15 is 0 Å². The molecule has 0 atom stereocenters. The van der Waals surface area contributed by atoms with E-state index in [4.69, 9.17) is 9.84 Å². The predicted octanol–water partition coefficient (Wildman–Crippen LogP) is 2.74. The van der Waals surface area contributed by atoms with E-state index in [-0.39, 0.29) is 24.1 Å². The summed E-state index contributed by atoms with van der Waals surface area (Å²) >= 11 is 0. The van der Waals surface area contributed by atoms with Crippen molar-refractivity contribution >= 4 is 23.7 Å². The molecule has 2 N–H and O–H groups in total. The van der Waals surface area contributed by atoms with Gasteiger partial charge in [0.2, 0.25) is 11.7 Å². The summed E-state index contributed by atoms with van der Waals surface area (Å²) in [7, 11) is 0. The normalized spacial score (nSPS) is 11.6. The van der Waals surface area contributed by atoms with Crippen LogP contribution < -0.4 is 5.32 Å². The lowest BCUT2D eigenvalue weighted by atomic mass is 9.95. The number of aromatic nitrogens is 4. The third-order valence-electron chi connectivity index (χ3n) is 3.91. The van der Waals surface area contributed by atoms with Crippen LogP contribution in [0.1, 0.15) is 47.4 Å². The number of amides is 2. The predicted molar refractivity (Wildman–Crippen MR) is 115 cm³/mol. The van der Waals surface area contributed by atoms with Gasteiger partial charge in [0.25, 0.3) is 0 Å². The van der Waals surface area contributed by atoms with Gasteiger partial charge in [0.05, 0.1) is 6.54 Å². The number of anilines is 1. The van der Waals surface area contributed by atoms with Crippen LogP contribution in [0.5, 0.6) is 0 Å². The van der Waals surface area contributed by atoms with Gasteiger partial charge in [0, 0.05) is 16.7 Å². The minimum absolute atomic E-state index is 0.0647. The van der Waals surface area contributed by atoms with Gasteiger partial charge in [-0.2, -0.15) is 0 Å². The zero-order valence-corrected chi connectivity index (χ0v) is 19.0. The highest BCUT2D eigenvalue weighted by Gasteiger charge is 2.25. The van der Waals surface area contributed by atoms with Crippen LogP contribution in [0.2, 0.25) is 0 Å². The van der Waals surface area contributed by atoms with Crippen LogP contribution in [0, 0.1) is 5.41 Å². The van der Waals surface area contributed by atoms with Crippen molar-refractivity contribution in [3.8, 4) is 11.4 Å². The second-order valence-electron chi connectivity index (χ2n) is 9.15. The molecule has 0 aliphatic rings. The first-order valence-electron chi connectivity index (χ1n) is 9.92. The molecule has 32 heavy (non-hydrogen) atoms. The fraction of sp³-hybridized carbons (Fsp3) is 0.476. The Morgan fingerprint density at radius 3 is 2.00 bits per heavy atom. The number of carbonyl (C=O) groups excluding carboxylic acids is 2. The monoisotopic (exact) mass is 444 g/mol. The molecule has 11 heteroatoms. The van der Waals surface area contributed by atoms with Gasteiger partial charge in [0.15, 0.2) is 5.82 Å². The van der Waals surface area contributed by atoms with E-state index in [2.05, 4.69) is 25.7 Å². The number of rotatable bonds is 6. The van der Waals surface area contributed by atoms with Crippen molar-refractivity contribution in [2.45, 2.75) is 53.7 Å². The number of ether oxygens (including phenoxy) is 1. The van der Waals surface area contributed by atoms with Crippen molar-refractivity contribution in [3.05, 3.63) is 30.1 Å². The molecule has 0 bridgehead atoms. The first-order chi connectivity index (χ1) is 14.7.